The molecule has 0 atom stereocenters. The van der Waals surface area contributed by atoms with Gasteiger partial charge in [0.1, 0.15) is 17.2 Å². The fourth-order valence-electron chi connectivity index (χ4n) is 7.67. The minimum Gasteiger partial charge on any atom is -0.508 e. The van der Waals surface area contributed by atoms with Gasteiger partial charge in [0.05, 0.1) is 0 Å². The van der Waals surface area contributed by atoms with E-state index in [2.05, 4.69) is 242 Å². The summed E-state index contributed by atoms with van der Waals surface area (Å²) in [6, 6.07) is 50.3. The molecule has 7 aromatic rings. The van der Waals surface area contributed by atoms with E-state index < -0.39 is 0 Å². The molecule has 6 nitrogen and oxygen atoms in total. The first-order valence-electron chi connectivity index (χ1n) is 28.7. The Bertz CT molecular complexity index is 2890. The highest BCUT2D eigenvalue weighted by molar-refractivity contribution is 6.30. The van der Waals surface area contributed by atoms with Gasteiger partial charge in [0.15, 0.2) is 0 Å². The number of phenols is 3. The van der Waals surface area contributed by atoms with Crippen molar-refractivity contribution in [3.8, 4) is 17.2 Å². The normalized spacial score (nSPS) is 11.5. The van der Waals surface area contributed by atoms with E-state index in [0.717, 1.165) is 21.7 Å². The zero-order chi connectivity index (χ0) is 63.4. The Labute approximate surface area is 504 Å². The molecule has 0 heterocycles. The highest BCUT2D eigenvalue weighted by atomic mass is 35.5. The second-order valence-electron chi connectivity index (χ2n) is 28.7. The lowest BCUT2D eigenvalue weighted by atomic mass is 9.85. The van der Waals surface area contributed by atoms with Gasteiger partial charge in [0, 0.05) is 15.6 Å². The smallest absolute Gasteiger partial charge is 0.121 e. The van der Waals surface area contributed by atoms with E-state index in [9.17, 15) is 10.2 Å². The van der Waals surface area contributed by atoms with E-state index in [4.69, 9.17) is 22.2 Å². The van der Waals surface area contributed by atoms with Gasteiger partial charge < -0.3 is 15.3 Å². The average Bonchev–Trinajstić information content (AvgIpc) is 3.34. The van der Waals surface area contributed by atoms with Gasteiger partial charge in [-0.15, -0.1) is 0 Å². The molecule has 0 saturated heterocycles. The highest BCUT2D eigenvalue weighted by Gasteiger charge is 2.18. The first kappa shape index (κ1) is 73.6. The summed E-state index contributed by atoms with van der Waals surface area (Å²) in [7, 11) is 0. The average molecular weight is 1130 g/mol. The molecule has 7 aromatic carbocycles. The first-order chi connectivity index (χ1) is 37.3. The van der Waals surface area contributed by atoms with Crippen LogP contribution in [0.5, 0.6) is 17.2 Å². The summed E-state index contributed by atoms with van der Waals surface area (Å²) >= 11 is 5.76. The van der Waals surface area contributed by atoms with Crippen molar-refractivity contribution in [3.05, 3.63) is 234 Å². The van der Waals surface area contributed by atoms with Crippen molar-refractivity contribution in [3.63, 3.8) is 0 Å². The van der Waals surface area contributed by atoms with E-state index in [1.54, 1.807) is 18.2 Å². The van der Waals surface area contributed by atoms with E-state index in [0.29, 0.717) is 22.9 Å². The number of hydrogen-bond donors (Lipinski definition) is 3. The molecular weight excluding hydrogens is 1030 g/mol. The number of phenolic OH excluding ortho intramolecular Hbond substituents is 3. The Morgan fingerprint density at radius 2 is 0.659 bits per heavy atom. The summed E-state index contributed by atoms with van der Waals surface area (Å²) in [5, 5.41) is 32.2. The van der Waals surface area contributed by atoms with Crippen LogP contribution in [0.3, 0.4) is 0 Å². The second-order valence-corrected chi connectivity index (χ2v) is 29.2. The third kappa shape index (κ3) is 28.0. The molecular formula is C75H106ClN3O3. The van der Waals surface area contributed by atoms with Gasteiger partial charge in [0.25, 0.3) is 0 Å². The van der Waals surface area contributed by atoms with Crippen molar-refractivity contribution >= 4 is 17.3 Å². The number of halogens is 1. The van der Waals surface area contributed by atoms with Gasteiger partial charge in [-0.25, -0.2) is 0 Å². The molecule has 0 aliphatic carbocycles. The molecule has 0 aromatic heterocycles. The number of azide groups is 1. The van der Waals surface area contributed by atoms with Crippen molar-refractivity contribution in [2.45, 2.75) is 218 Å². The molecule has 446 valence electrons. The monoisotopic (exact) mass is 1130 g/mol. The summed E-state index contributed by atoms with van der Waals surface area (Å²) in [6.07, 6.45) is 0. The quantitative estimate of drug-likeness (QED) is 0.0865. The van der Waals surface area contributed by atoms with Crippen molar-refractivity contribution < 1.29 is 15.3 Å². The van der Waals surface area contributed by atoms with Gasteiger partial charge in [-0.2, -0.15) is 0 Å². The molecule has 0 spiro atoms. The van der Waals surface area contributed by atoms with Crippen molar-refractivity contribution in [1.82, 2.24) is 0 Å². The molecule has 0 amide bonds. The van der Waals surface area contributed by atoms with E-state index >= 15 is 0 Å². The van der Waals surface area contributed by atoms with Crippen LogP contribution in [0.1, 0.15) is 212 Å². The molecule has 3 N–H and O–H groups in total. The topological polar surface area (TPSA) is 109 Å². The Balaban J connectivity index is 0.000000479. The minimum atomic E-state index is 0.148. The third-order valence-corrected chi connectivity index (χ3v) is 13.8. The Morgan fingerprint density at radius 1 is 0.341 bits per heavy atom. The number of rotatable bonds is 1. The maximum absolute atomic E-state index is 9.60. The standard InChI is InChI=1S/C12H18O.C11H16O.2C11H16.C10H13Cl.C10H13N3.C10H14O/c1-8-6-10(12(3,4)5)7-9(2)11(8)13;1-8-7-9(11(2,3)4)5-6-10(8)12;1-9-5-7-10(8-6-9)11(2,3)4;1-9-6-5-7-10(8-9)11(2,3)4;1-10(2,3)8-4-6-9(11)7-5-8;1-10(2,3)8-4-6-9(7-5-8)12-13-11;1-10(2,3)8-4-6-9(11)7-5-8/h6-7,13H,1-5H3;5-7,12H,1-4H3;2*5-8H,1-4H3;4-7H,1-3H3;4-7H,1-3H3;4-7,11H,1-3H3. The van der Waals surface area contributed by atoms with E-state index in [1.165, 1.54) is 50.1 Å². The lowest BCUT2D eigenvalue weighted by Crippen LogP contribution is -2.11. The zero-order valence-corrected chi connectivity index (χ0v) is 56.3. The molecule has 0 radical (unpaired) electrons. The summed E-state index contributed by atoms with van der Waals surface area (Å²) < 4.78 is 0. The molecule has 0 saturated carbocycles. The Morgan fingerprint density at radius 3 is 0.988 bits per heavy atom. The molecule has 0 bridgehead atoms. The van der Waals surface area contributed by atoms with Crippen LogP contribution < -0.4 is 0 Å². The van der Waals surface area contributed by atoms with E-state index in [1.807, 2.05) is 81.4 Å². The summed E-state index contributed by atoms with van der Waals surface area (Å²) in [6.45, 7) is 56.0. The highest BCUT2D eigenvalue weighted by Crippen LogP contribution is 2.31. The van der Waals surface area contributed by atoms with Crippen LogP contribution in [-0.4, -0.2) is 15.3 Å². The van der Waals surface area contributed by atoms with Gasteiger partial charge in [-0.05, 0) is 164 Å². The van der Waals surface area contributed by atoms with Crippen LogP contribution in [0, 0.1) is 34.6 Å². The molecule has 82 heavy (non-hydrogen) atoms. The summed E-state index contributed by atoms with van der Waals surface area (Å²) in [5.74, 6) is 1.13. The number of benzene rings is 7. The summed E-state index contributed by atoms with van der Waals surface area (Å²) in [5.41, 5.74) is 25.0. The van der Waals surface area contributed by atoms with Gasteiger partial charge in [-0.3, -0.25) is 0 Å². The van der Waals surface area contributed by atoms with Gasteiger partial charge in [0.2, 0.25) is 0 Å². The minimum absolute atomic E-state index is 0.148. The fourth-order valence-corrected chi connectivity index (χ4v) is 7.79. The molecule has 0 aliphatic heterocycles. The van der Waals surface area contributed by atoms with Crippen LogP contribution in [0.2, 0.25) is 5.02 Å². The lowest BCUT2D eigenvalue weighted by molar-refractivity contribution is 0.465. The molecule has 7 heteroatoms. The van der Waals surface area contributed by atoms with Crippen molar-refractivity contribution in [2.75, 3.05) is 0 Å². The number of aryl methyl sites for hydroxylation is 5. The second kappa shape index (κ2) is 31.3. The third-order valence-electron chi connectivity index (χ3n) is 13.6. The molecule has 0 unspecified atom stereocenters. The number of hydrogen-bond acceptors (Lipinski definition) is 4. The van der Waals surface area contributed by atoms with Crippen molar-refractivity contribution in [2.24, 2.45) is 5.11 Å². The SMILES string of the molecule is CC(C)(C)c1ccc(Cl)cc1.CC(C)(C)c1ccc(N=[N+]=[N-])cc1.CC(C)(C)c1ccc(O)cc1.Cc1cc(C(C)(C)C)cc(C)c1O.Cc1cc(C(C)(C)C)ccc1O.Cc1ccc(C(C)(C)C)cc1.Cc1cccc(C(C)(C)C)c1. The maximum atomic E-state index is 9.60. The van der Waals surface area contributed by atoms with Crippen LogP contribution in [0.15, 0.2) is 157 Å². The molecule has 0 aliphatic rings. The van der Waals surface area contributed by atoms with E-state index in [-0.39, 0.29) is 37.9 Å². The van der Waals surface area contributed by atoms with Crippen molar-refractivity contribution in [1.29, 1.82) is 0 Å². The van der Waals surface area contributed by atoms with Crippen LogP contribution in [0.25, 0.3) is 10.4 Å². The largest absolute Gasteiger partial charge is 0.508 e. The predicted molar refractivity (Wildman–Crippen MR) is 358 cm³/mol. The summed E-state index contributed by atoms with van der Waals surface area (Å²) in [4.78, 5) is 2.72. The van der Waals surface area contributed by atoms with Crippen LogP contribution >= 0.6 is 11.6 Å². The predicted octanol–water partition coefficient (Wildman–Crippen LogP) is 23.1. The number of aromatic hydroxyl groups is 3. The van der Waals surface area contributed by atoms with Crippen LogP contribution in [0.4, 0.5) is 5.69 Å². The maximum Gasteiger partial charge on any atom is 0.121 e. The lowest BCUT2D eigenvalue weighted by Gasteiger charge is -2.20. The Hall–Kier alpha value is -6.46. The van der Waals surface area contributed by atoms with Gasteiger partial charge in [-0.1, -0.05) is 295 Å². The van der Waals surface area contributed by atoms with Gasteiger partial charge >= 0.3 is 0 Å². The zero-order valence-electron chi connectivity index (χ0n) is 55.5. The Kier molecular flexibility index (Phi) is 28.0. The molecule has 0 fully saturated rings. The fraction of sp³-hybridized carbons (Fsp3) is 0.440. The van der Waals surface area contributed by atoms with Crippen LogP contribution in [-0.2, 0) is 37.9 Å². The number of nitrogens with zero attached hydrogens (tertiary/aromatic N) is 3. The molecule has 7 rings (SSSR count). The first-order valence-corrected chi connectivity index (χ1v) is 29.1.